The normalized spacial score (nSPS) is 38.5. The van der Waals surface area contributed by atoms with Crippen molar-refractivity contribution in [1.82, 2.24) is 4.90 Å². The molecule has 0 aromatic rings. The molecule has 0 N–H and O–H groups in total. The van der Waals surface area contributed by atoms with Gasteiger partial charge in [0.2, 0.25) is 0 Å². The van der Waals surface area contributed by atoms with Crippen molar-refractivity contribution in [2.75, 3.05) is 6.54 Å². The van der Waals surface area contributed by atoms with E-state index in [4.69, 9.17) is 0 Å². The molecule has 2 fully saturated rings. The molecular formula is C11H21N. The van der Waals surface area contributed by atoms with Gasteiger partial charge in [0.15, 0.2) is 0 Å². The molecule has 2 unspecified atom stereocenters. The third-order valence-electron chi connectivity index (χ3n) is 3.76. The maximum atomic E-state index is 2.69. The molecular weight excluding hydrogens is 146 g/mol. The highest BCUT2D eigenvalue weighted by atomic mass is 15.2. The lowest BCUT2D eigenvalue weighted by atomic mass is 9.93. The summed E-state index contributed by atoms with van der Waals surface area (Å²) >= 11 is 0. The monoisotopic (exact) mass is 167 g/mol. The van der Waals surface area contributed by atoms with Crippen LogP contribution in [0.4, 0.5) is 0 Å². The molecule has 1 saturated carbocycles. The van der Waals surface area contributed by atoms with Crippen LogP contribution in [-0.4, -0.2) is 23.5 Å². The van der Waals surface area contributed by atoms with Gasteiger partial charge in [0.1, 0.15) is 0 Å². The molecule has 2 aliphatic rings. The molecule has 1 saturated heterocycles. The van der Waals surface area contributed by atoms with E-state index in [1.807, 2.05) is 0 Å². The molecule has 1 heterocycles. The Morgan fingerprint density at radius 1 is 1.08 bits per heavy atom. The first-order valence-electron chi connectivity index (χ1n) is 5.53. The summed E-state index contributed by atoms with van der Waals surface area (Å²) in [6.45, 7) is 6.13. The Morgan fingerprint density at radius 2 is 1.67 bits per heavy atom. The fourth-order valence-corrected chi connectivity index (χ4v) is 2.91. The number of hydrogen-bond donors (Lipinski definition) is 0. The summed E-state index contributed by atoms with van der Waals surface area (Å²) in [5.41, 5.74) is 0. The molecule has 2 rings (SSSR count). The van der Waals surface area contributed by atoms with Crippen LogP contribution in [0.2, 0.25) is 0 Å². The van der Waals surface area contributed by atoms with Crippen molar-refractivity contribution >= 4 is 0 Å². The average Bonchev–Trinajstić information content (AvgIpc) is 2.52. The first-order chi connectivity index (χ1) is 5.77. The summed E-state index contributed by atoms with van der Waals surface area (Å²) in [7, 11) is 0. The summed E-state index contributed by atoms with van der Waals surface area (Å²) in [4.78, 5) is 2.69. The lowest BCUT2D eigenvalue weighted by Crippen LogP contribution is -2.54. The van der Waals surface area contributed by atoms with Gasteiger partial charge in [0.25, 0.3) is 0 Å². The number of likely N-dealkylation sites (tertiary alicyclic amines) is 1. The molecule has 1 aliphatic heterocycles. The third-order valence-corrected chi connectivity index (χ3v) is 3.76. The number of rotatable bonds is 2. The van der Waals surface area contributed by atoms with Crippen LogP contribution in [0.3, 0.4) is 0 Å². The fraction of sp³-hybridized carbons (Fsp3) is 1.00. The van der Waals surface area contributed by atoms with Gasteiger partial charge >= 0.3 is 0 Å². The number of nitrogens with zero attached hydrogens (tertiary/aromatic N) is 1. The molecule has 2 atom stereocenters. The molecule has 0 amide bonds. The molecule has 0 aromatic carbocycles. The van der Waals surface area contributed by atoms with Gasteiger partial charge in [-0.1, -0.05) is 12.8 Å². The van der Waals surface area contributed by atoms with E-state index in [0.29, 0.717) is 0 Å². The highest BCUT2D eigenvalue weighted by Crippen LogP contribution is 2.31. The molecule has 0 radical (unpaired) electrons. The zero-order valence-electron chi connectivity index (χ0n) is 8.42. The van der Waals surface area contributed by atoms with Crippen molar-refractivity contribution in [3.63, 3.8) is 0 Å². The molecule has 12 heavy (non-hydrogen) atoms. The Morgan fingerprint density at radius 3 is 2.17 bits per heavy atom. The topological polar surface area (TPSA) is 3.24 Å². The van der Waals surface area contributed by atoms with Gasteiger partial charge in [0.05, 0.1) is 0 Å². The highest BCUT2D eigenvalue weighted by molar-refractivity contribution is 4.88. The largest absolute Gasteiger partial charge is 0.298 e. The van der Waals surface area contributed by atoms with Crippen molar-refractivity contribution < 1.29 is 0 Å². The zero-order valence-corrected chi connectivity index (χ0v) is 8.42. The SMILES string of the molecule is CC1CC(C)N1CC1CCCC1. The van der Waals surface area contributed by atoms with Crippen LogP contribution in [0.5, 0.6) is 0 Å². The average molecular weight is 167 g/mol. The summed E-state index contributed by atoms with van der Waals surface area (Å²) in [6.07, 6.45) is 7.39. The van der Waals surface area contributed by atoms with Crippen molar-refractivity contribution in [2.45, 2.75) is 58.0 Å². The minimum Gasteiger partial charge on any atom is -0.298 e. The van der Waals surface area contributed by atoms with Crippen molar-refractivity contribution in [1.29, 1.82) is 0 Å². The summed E-state index contributed by atoms with van der Waals surface area (Å²) in [6, 6.07) is 1.75. The van der Waals surface area contributed by atoms with E-state index in [9.17, 15) is 0 Å². The second kappa shape index (κ2) is 3.37. The van der Waals surface area contributed by atoms with Crippen LogP contribution in [0.25, 0.3) is 0 Å². The Labute approximate surface area is 76.1 Å². The van der Waals surface area contributed by atoms with Crippen LogP contribution < -0.4 is 0 Å². The van der Waals surface area contributed by atoms with Crippen molar-refractivity contribution in [2.24, 2.45) is 5.92 Å². The molecule has 0 bridgehead atoms. The van der Waals surface area contributed by atoms with Gasteiger partial charge in [-0.3, -0.25) is 4.90 Å². The van der Waals surface area contributed by atoms with Gasteiger partial charge in [-0.2, -0.15) is 0 Å². The maximum Gasteiger partial charge on any atom is 0.00846 e. The molecule has 0 aromatic heterocycles. The predicted octanol–water partition coefficient (Wildman–Crippen LogP) is 2.66. The van der Waals surface area contributed by atoms with Crippen molar-refractivity contribution in [3.8, 4) is 0 Å². The first kappa shape index (κ1) is 8.55. The molecule has 1 aliphatic carbocycles. The molecule has 0 spiro atoms. The molecule has 70 valence electrons. The second-order valence-electron chi connectivity index (χ2n) is 4.78. The second-order valence-corrected chi connectivity index (χ2v) is 4.78. The van der Waals surface area contributed by atoms with Gasteiger partial charge in [-0.25, -0.2) is 0 Å². The third kappa shape index (κ3) is 1.52. The van der Waals surface area contributed by atoms with E-state index in [0.717, 1.165) is 18.0 Å². The summed E-state index contributed by atoms with van der Waals surface area (Å²) in [5, 5.41) is 0. The van der Waals surface area contributed by atoms with E-state index < -0.39 is 0 Å². The lowest BCUT2D eigenvalue weighted by Gasteiger charge is -2.46. The van der Waals surface area contributed by atoms with Gasteiger partial charge in [-0.05, 0) is 39.0 Å². The van der Waals surface area contributed by atoms with Crippen LogP contribution in [0.1, 0.15) is 46.0 Å². The summed E-state index contributed by atoms with van der Waals surface area (Å²) < 4.78 is 0. The number of hydrogen-bond acceptors (Lipinski definition) is 1. The predicted molar refractivity (Wildman–Crippen MR) is 52.2 cm³/mol. The van der Waals surface area contributed by atoms with E-state index in [1.165, 1.54) is 38.6 Å². The van der Waals surface area contributed by atoms with E-state index in [2.05, 4.69) is 18.7 Å². The highest BCUT2D eigenvalue weighted by Gasteiger charge is 2.33. The zero-order chi connectivity index (χ0) is 8.55. The quantitative estimate of drug-likeness (QED) is 0.611. The summed E-state index contributed by atoms with van der Waals surface area (Å²) in [5.74, 6) is 1.04. The van der Waals surface area contributed by atoms with Crippen LogP contribution in [-0.2, 0) is 0 Å². The van der Waals surface area contributed by atoms with Gasteiger partial charge in [0, 0.05) is 18.6 Å². The molecule has 1 nitrogen and oxygen atoms in total. The fourth-order valence-electron chi connectivity index (χ4n) is 2.91. The van der Waals surface area contributed by atoms with Crippen molar-refractivity contribution in [3.05, 3.63) is 0 Å². The maximum absolute atomic E-state index is 2.69. The van der Waals surface area contributed by atoms with Gasteiger partial charge in [-0.15, -0.1) is 0 Å². The Kier molecular flexibility index (Phi) is 2.40. The Bertz CT molecular complexity index is 141. The molecule has 1 heteroatoms. The van der Waals surface area contributed by atoms with E-state index >= 15 is 0 Å². The van der Waals surface area contributed by atoms with Gasteiger partial charge < -0.3 is 0 Å². The van der Waals surface area contributed by atoms with Crippen LogP contribution in [0.15, 0.2) is 0 Å². The minimum absolute atomic E-state index is 0.876. The lowest BCUT2D eigenvalue weighted by molar-refractivity contribution is 0.0230. The van der Waals surface area contributed by atoms with E-state index in [1.54, 1.807) is 0 Å². The smallest absolute Gasteiger partial charge is 0.00846 e. The van der Waals surface area contributed by atoms with E-state index in [-0.39, 0.29) is 0 Å². The Hall–Kier alpha value is -0.0400. The first-order valence-corrected chi connectivity index (χ1v) is 5.53. The standard InChI is InChI=1S/C11H21N/c1-9-7-10(2)12(9)8-11-5-3-4-6-11/h9-11H,3-8H2,1-2H3. The van der Waals surface area contributed by atoms with Crippen LogP contribution in [0, 0.1) is 5.92 Å². The minimum atomic E-state index is 0.876. The Balaban J connectivity index is 1.77. The van der Waals surface area contributed by atoms with Crippen LogP contribution >= 0.6 is 0 Å².